The SMILES string of the molecule is O=C1C=C(Cc2cc(Br)cc3c2OCC3)CC1. The normalized spacial score (nSPS) is 17.9. The van der Waals surface area contributed by atoms with E-state index in [4.69, 9.17) is 4.74 Å². The molecule has 3 rings (SSSR count). The predicted molar refractivity (Wildman–Crippen MR) is 69.4 cm³/mol. The third-order valence-corrected chi connectivity index (χ3v) is 3.76. The molecule has 1 aliphatic heterocycles. The van der Waals surface area contributed by atoms with Crippen LogP contribution in [0.3, 0.4) is 0 Å². The second-order valence-electron chi connectivity index (χ2n) is 4.60. The van der Waals surface area contributed by atoms with Gasteiger partial charge in [-0.25, -0.2) is 0 Å². The van der Waals surface area contributed by atoms with Gasteiger partial charge in [0, 0.05) is 17.3 Å². The lowest BCUT2D eigenvalue weighted by Crippen LogP contribution is -1.94. The number of hydrogen-bond donors (Lipinski definition) is 0. The highest BCUT2D eigenvalue weighted by atomic mass is 79.9. The lowest BCUT2D eigenvalue weighted by Gasteiger charge is -2.09. The van der Waals surface area contributed by atoms with Crippen LogP contribution in [0.15, 0.2) is 28.3 Å². The minimum atomic E-state index is 0.257. The molecular weight excluding hydrogens is 280 g/mol. The molecule has 0 amide bonds. The summed E-state index contributed by atoms with van der Waals surface area (Å²) in [5, 5.41) is 0. The van der Waals surface area contributed by atoms with E-state index in [1.807, 2.05) is 0 Å². The Morgan fingerprint density at radius 3 is 2.88 bits per heavy atom. The number of benzene rings is 1. The highest BCUT2D eigenvalue weighted by molar-refractivity contribution is 9.10. The Balaban J connectivity index is 1.93. The van der Waals surface area contributed by atoms with Crippen LogP contribution in [0.25, 0.3) is 0 Å². The van der Waals surface area contributed by atoms with E-state index < -0.39 is 0 Å². The van der Waals surface area contributed by atoms with Crippen molar-refractivity contribution in [2.24, 2.45) is 0 Å². The maximum atomic E-state index is 11.2. The summed E-state index contributed by atoms with van der Waals surface area (Å²) in [5.74, 6) is 1.29. The van der Waals surface area contributed by atoms with Crippen molar-refractivity contribution < 1.29 is 9.53 Å². The zero-order chi connectivity index (χ0) is 11.8. The minimum Gasteiger partial charge on any atom is -0.493 e. The van der Waals surface area contributed by atoms with E-state index in [-0.39, 0.29) is 5.78 Å². The van der Waals surface area contributed by atoms with E-state index >= 15 is 0 Å². The van der Waals surface area contributed by atoms with E-state index in [1.165, 1.54) is 16.7 Å². The zero-order valence-corrected chi connectivity index (χ0v) is 11.0. The van der Waals surface area contributed by atoms with Crippen molar-refractivity contribution in [2.45, 2.75) is 25.7 Å². The molecule has 3 heteroatoms. The lowest BCUT2D eigenvalue weighted by molar-refractivity contribution is -0.114. The van der Waals surface area contributed by atoms with Crippen molar-refractivity contribution in [2.75, 3.05) is 6.61 Å². The average Bonchev–Trinajstić information content (AvgIpc) is 2.87. The smallest absolute Gasteiger partial charge is 0.155 e. The summed E-state index contributed by atoms with van der Waals surface area (Å²) in [6.07, 6.45) is 5.20. The van der Waals surface area contributed by atoms with E-state index in [9.17, 15) is 4.79 Å². The number of hydrogen-bond acceptors (Lipinski definition) is 2. The first-order valence-corrected chi connectivity index (χ1v) is 6.68. The van der Waals surface area contributed by atoms with Gasteiger partial charge in [0.25, 0.3) is 0 Å². The number of halogens is 1. The van der Waals surface area contributed by atoms with Crippen molar-refractivity contribution >= 4 is 21.7 Å². The molecule has 0 bridgehead atoms. The van der Waals surface area contributed by atoms with Gasteiger partial charge >= 0.3 is 0 Å². The fourth-order valence-corrected chi connectivity index (χ4v) is 3.07. The summed E-state index contributed by atoms with van der Waals surface area (Å²) in [4.78, 5) is 11.2. The molecule has 2 nitrogen and oxygen atoms in total. The van der Waals surface area contributed by atoms with E-state index in [0.29, 0.717) is 6.42 Å². The Morgan fingerprint density at radius 1 is 1.24 bits per heavy atom. The number of ketones is 1. The first-order chi connectivity index (χ1) is 8.22. The van der Waals surface area contributed by atoms with Crippen molar-refractivity contribution in [3.63, 3.8) is 0 Å². The van der Waals surface area contributed by atoms with Crippen LogP contribution in [0.4, 0.5) is 0 Å². The number of fused-ring (bicyclic) bond motifs is 1. The Bertz CT molecular complexity index is 517. The van der Waals surface area contributed by atoms with Gasteiger partial charge in [0.15, 0.2) is 5.78 Å². The van der Waals surface area contributed by atoms with Gasteiger partial charge in [-0.05, 0) is 42.2 Å². The molecule has 1 heterocycles. The summed E-state index contributed by atoms with van der Waals surface area (Å²) in [6.45, 7) is 0.775. The standard InChI is InChI=1S/C14H13BrO2/c15-12-7-10-3-4-17-14(10)11(8-12)5-9-1-2-13(16)6-9/h6-8H,1-5H2. The van der Waals surface area contributed by atoms with Crippen LogP contribution < -0.4 is 4.74 Å². The molecule has 88 valence electrons. The molecule has 0 atom stereocenters. The monoisotopic (exact) mass is 292 g/mol. The number of allylic oxidation sites excluding steroid dienone is 2. The molecule has 0 radical (unpaired) electrons. The first kappa shape index (κ1) is 11.0. The molecule has 1 aromatic carbocycles. The minimum absolute atomic E-state index is 0.257. The topological polar surface area (TPSA) is 26.3 Å². The summed E-state index contributed by atoms with van der Waals surface area (Å²) in [5.41, 5.74) is 3.71. The number of ether oxygens (including phenoxy) is 1. The summed E-state index contributed by atoms with van der Waals surface area (Å²) >= 11 is 3.54. The first-order valence-electron chi connectivity index (χ1n) is 5.89. The molecule has 0 unspecified atom stereocenters. The van der Waals surface area contributed by atoms with Gasteiger partial charge in [-0.3, -0.25) is 4.79 Å². The lowest BCUT2D eigenvalue weighted by atomic mass is 10.0. The second kappa shape index (κ2) is 4.30. The van der Waals surface area contributed by atoms with E-state index in [2.05, 4.69) is 28.1 Å². The molecular formula is C14H13BrO2. The Hall–Kier alpha value is -1.09. The van der Waals surface area contributed by atoms with Crippen LogP contribution in [0.5, 0.6) is 5.75 Å². The van der Waals surface area contributed by atoms with Gasteiger partial charge in [-0.15, -0.1) is 0 Å². The summed E-state index contributed by atoms with van der Waals surface area (Å²) < 4.78 is 6.79. The van der Waals surface area contributed by atoms with E-state index in [0.717, 1.165) is 36.1 Å². The molecule has 0 saturated heterocycles. The van der Waals surface area contributed by atoms with Gasteiger partial charge in [0.2, 0.25) is 0 Å². The van der Waals surface area contributed by atoms with Crippen LogP contribution in [-0.4, -0.2) is 12.4 Å². The van der Waals surface area contributed by atoms with Crippen molar-refractivity contribution in [1.29, 1.82) is 0 Å². The van der Waals surface area contributed by atoms with Gasteiger partial charge in [0.1, 0.15) is 5.75 Å². The zero-order valence-electron chi connectivity index (χ0n) is 9.46. The molecule has 0 N–H and O–H groups in total. The molecule has 2 aliphatic rings. The van der Waals surface area contributed by atoms with Crippen LogP contribution in [0.2, 0.25) is 0 Å². The average molecular weight is 293 g/mol. The summed E-state index contributed by atoms with van der Waals surface area (Å²) in [7, 11) is 0. The molecule has 17 heavy (non-hydrogen) atoms. The highest BCUT2D eigenvalue weighted by Gasteiger charge is 2.20. The maximum Gasteiger partial charge on any atom is 0.155 e. The van der Waals surface area contributed by atoms with Crippen LogP contribution in [0, 0.1) is 0 Å². The number of rotatable bonds is 2. The number of carbonyl (C=O) groups is 1. The molecule has 1 aromatic rings. The molecule has 0 aromatic heterocycles. The van der Waals surface area contributed by atoms with Crippen LogP contribution in [0.1, 0.15) is 24.0 Å². The molecule has 0 spiro atoms. The third-order valence-electron chi connectivity index (χ3n) is 3.30. The Kier molecular flexibility index (Phi) is 2.79. The molecule has 0 fully saturated rings. The second-order valence-corrected chi connectivity index (χ2v) is 5.51. The number of carbonyl (C=O) groups excluding carboxylic acids is 1. The fourth-order valence-electron chi connectivity index (χ4n) is 2.52. The third kappa shape index (κ3) is 2.16. The van der Waals surface area contributed by atoms with Crippen molar-refractivity contribution in [1.82, 2.24) is 0 Å². The van der Waals surface area contributed by atoms with Gasteiger partial charge < -0.3 is 4.74 Å². The molecule has 1 aliphatic carbocycles. The van der Waals surface area contributed by atoms with Crippen molar-refractivity contribution in [3.8, 4) is 5.75 Å². The van der Waals surface area contributed by atoms with Gasteiger partial charge in [-0.1, -0.05) is 21.5 Å². The Morgan fingerprint density at radius 2 is 2.12 bits per heavy atom. The quantitative estimate of drug-likeness (QED) is 0.837. The fraction of sp³-hybridized carbons (Fsp3) is 0.357. The van der Waals surface area contributed by atoms with Gasteiger partial charge in [0.05, 0.1) is 6.61 Å². The van der Waals surface area contributed by atoms with Gasteiger partial charge in [-0.2, -0.15) is 0 Å². The molecule has 0 saturated carbocycles. The van der Waals surface area contributed by atoms with E-state index in [1.54, 1.807) is 6.08 Å². The largest absolute Gasteiger partial charge is 0.493 e. The Labute approximate surface area is 109 Å². The highest BCUT2D eigenvalue weighted by Crippen LogP contribution is 2.35. The van der Waals surface area contributed by atoms with Crippen LogP contribution >= 0.6 is 15.9 Å². The van der Waals surface area contributed by atoms with Crippen LogP contribution in [-0.2, 0) is 17.6 Å². The van der Waals surface area contributed by atoms with Crippen molar-refractivity contribution in [3.05, 3.63) is 39.4 Å². The maximum absolute atomic E-state index is 11.2. The predicted octanol–water partition coefficient (Wildman–Crippen LogP) is 3.22. The summed E-state index contributed by atoms with van der Waals surface area (Å²) in [6, 6.07) is 4.23.